The number of ether oxygens (including phenoxy) is 3. The standard InChI is InChI=1S/C16H26O3/c1-3-4-5-6-7-8-13-18-15-9-11-16(12-10-15)19-14-17-2/h9-12H,3-8,13-14H2,1-2H3. The van der Waals surface area contributed by atoms with E-state index in [9.17, 15) is 0 Å². The normalized spacial score (nSPS) is 10.4. The average molecular weight is 266 g/mol. The van der Waals surface area contributed by atoms with E-state index in [0.717, 1.165) is 24.5 Å². The topological polar surface area (TPSA) is 27.7 Å². The number of hydrogen-bond acceptors (Lipinski definition) is 3. The second-order valence-corrected chi connectivity index (χ2v) is 4.64. The number of methoxy groups -OCH3 is 1. The fraction of sp³-hybridized carbons (Fsp3) is 0.625. The molecule has 3 nitrogen and oxygen atoms in total. The molecule has 0 aromatic heterocycles. The SMILES string of the molecule is CCCCCCCCOc1ccc(OCOC)cc1. The van der Waals surface area contributed by atoms with E-state index < -0.39 is 0 Å². The smallest absolute Gasteiger partial charge is 0.188 e. The van der Waals surface area contributed by atoms with Gasteiger partial charge < -0.3 is 14.2 Å². The first-order valence-corrected chi connectivity index (χ1v) is 7.21. The van der Waals surface area contributed by atoms with Crippen molar-refractivity contribution in [3.63, 3.8) is 0 Å². The molecule has 0 radical (unpaired) electrons. The Bertz CT molecular complexity index is 308. The zero-order valence-electron chi connectivity index (χ0n) is 12.2. The monoisotopic (exact) mass is 266 g/mol. The van der Waals surface area contributed by atoms with Crippen LogP contribution in [0.2, 0.25) is 0 Å². The number of rotatable bonds is 11. The van der Waals surface area contributed by atoms with E-state index in [2.05, 4.69) is 6.92 Å². The van der Waals surface area contributed by atoms with Gasteiger partial charge in [0, 0.05) is 7.11 Å². The molecule has 0 N–H and O–H groups in total. The van der Waals surface area contributed by atoms with Crippen molar-refractivity contribution < 1.29 is 14.2 Å². The molecule has 0 saturated carbocycles. The highest BCUT2D eigenvalue weighted by molar-refractivity contribution is 5.31. The number of benzene rings is 1. The Morgan fingerprint density at radius 2 is 1.37 bits per heavy atom. The lowest BCUT2D eigenvalue weighted by Crippen LogP contribution is -1.99. The van der Waals surface area contributed by atoms with E-state index in [-0.39, 0.29) is 6.79 Å². The molecule has 19 heavy (non-hydrogen) atoms. The summed E-state index contributed by atoms with van der Waals surface area (Å²) in [5.41, 5.74) is 0. The van der Waals surface area contributed by atoms with Crippen molar-refractivity contribution in [2.24, 2.45) is 0 Å². The first kappa shape index (κ1) is 15.8. The lowest BCUT2D eigenvalue weighted by molar-refractivity contribution is 0.0511. The van der Waals surface area contributed by atoms with Crippen LogP contribution in [0.1, 0.15) is 45.4 Å². The second-order valence-electron chi connectivity index (χ2n) is 4.64. The van der Waals surface area contributed by atoms with Crippen LogP contribution in [0.5, 0.6) is 11.5 Å². The maximum Gasteiger partial charge on any atom is 0.188 e. The van der Waals surface area contributed by atoms with Crippen molar-refractivity contribution in [1.82, 2.24) is 0 Å². The molecule has 0 spiro atoms. The molecular weight excluding hydrogens is 240 g/mol. The van der Waals surface area contributed by atoms with Crippen LogP contribution >= 0.6 is 0 Å². The minimum atomic E-state index is 0.276. The summed E-state index contributed by atoms with van der Waals surface area (Å²) in [4.78, 5) is 0. The highest BCUT2D eigenvalue weighted by Crippen LogP contribution is 2.18. The van der Waals surface area contributed by atoms with Gasteiger partial charge in [0.05, 0.1) is 6.61 Å². The van der Waals surface area contributed by atoms with Crippen LogP contribution in [0, 0.1) is 0 Å². The van der Waals surface area contributed by atoms with Crippen LogP contribution < -0.4 is 9.47 Å². The minimum absolute atomic E-state index is 0.276. The summed E-state index contributed by atoms with van der Waals surface area (Å²) in [6.07, 6.45) is 7.71. The van der Waals surface area contributed by atoms with Crippen LogP contribution in [0.4, 0.5) is 0 Å². The van der Waals surface area contributed by atoms with E-state index in [1.54, 1.807) is 7.11 Å². The third kappa shape index (κ3) is 7.73. The largest absolute Gasteiger partial charge is 0.494 e. The van der Waals surface area contributed by atoms with Gasteiger partial charge in [-0.05, 0) is 30.7 Å². The van der Waals surface area contributed by atoms with Gasteiger partial charge in [0.15, 0.2) is 6.79 Å². The molecule has 0 aliphatic heterocycles. The fourth-order valence-electron chi connectivity index (χ4n) is 1.83. The number of unbranched alkanes of at least 4 members (excludes halogenated alkanes) is 5. The molecule has 1 rings (SSSR count). The third-order valence-corrected chi connectivity index (χ3v) is 2.93. The van der Waals surface area contributed by atoms with Gasteiger partial charge in [0.25, 0.3) is 0 Å². The van der Waals surface area contributed by atoms with Gasteiger partial charge in [-0.25, -0.2) is 0 Å². The molecule has 3 heteroatoms. The Balaban J connectivity index is 2.09. The van der Waals surface area contributed by atoms with Crippen LogP contribution in [0.25, 0.3) is 0 Å². The predicted octanol–water partition coefficient (Wildman–Crippen LogP) is 4.41. The zero-order valence-corrected chi connectivity index (χ0v) is 12.2. The first-order chi connectivity index (χ1) is 9.36. The molecule has 0 heterocycles. The molecule has 108 valence electrons. The summed E-state index contributed by atoms with van der Waals surface area (Å²) in [7, 11) is 1.61. The Kier molecular flexibility index (Phi) is 8.90. The van der Waals surface area contributed by atoms with Crippen molar-refractivity contribution in [2.75, 3.05) is 20.5 Å². The van der Waals surface area contributed by atoms with E-state index in [1.165, 1.54) is 32.1 Å². The molecule has 0 atom stereocenters. The summed E-state index contributed by atoms with van der Waals surface area (Å²) < 4.78 is 15.8. The lowest BCUT2D eigenvalue weighted by Gasteiger charge is -2.08. The summed E-state index contributed by atoms with van der Waals surface area (Å²) in [5, 5.41) is 0. The van der Waals surface area contributed by atoms with Gasteiger partial charge in [-0.1, -0.05) is 39.0 Å². The third-order valence-electron chi connectivity index (χ3n) is 2.93. The van der Waals surface area contributed by atoms with E-state index in [4.69, 9.17) is 14.2 Å². The second kappa shape index (κ2) is 10.7. The molecule has 1 aromatic carbocycles. The summed E-state index contributed by atoms with van der Waals surface area (Å²) >= 11 is 0. The Morgan fingerprint density at radius 1 is 0.789 bits per heavy atom. The Morgan fingerprint density at radius 3 is 2.00 bits per heavy atom. The Hall–Kier alpha value is -1.22. The summed E-state index contributed by atoms with van der Waals surface area (Å²) in [6, 6.07) is 7.66. The molecular formula is C16H26O3. The average Bonchev–Trinajstić information content (AvgIpc) is 2.45. The lowest BCUT2D eigenvalue weighted by atomic mass is 10.1. The van der Waals surface area contributed by atoms with Crippen molar-refractivity contribution in [2.45, 2.75) is 45.4 Å². The van der Waals surface area contributed by atoms with Crippen LogP contribution in [0.3, 0.4) is 0 Å². The van der Waals surface area contributed by atoms with Crippen molar-refractivity contribution in [3.05, 3.63) is 24.3 Å². The van der Waals surface area contributed by atoms with Crippen LogP contribution in [-0.4, -0.2) is 20.5 Å². The molecule has 1 aromatic rings. The van der Waals surface area contributed by atoms with Crippen molar-refractivity contribution >= 4 is 0 Å². The van der Waals surface area contributed by atoms with Gasteiger partial charge in [-0.15, -0.1) is 0 Å². The molecule has 0 unspecified atom stereocenters. The molecule has 0 bridgehead atoms. The van der Waals surface area contributed by atoms with Crippen molar-refractivity contribution in [3.8, 4) is 11.5 Å². The molecule has 0 amide bonds. The molecule has 0 fully saturated rings. The molecule has 0 aliphatic carbocycles. The maximum absolute atomic E-state index is 5.69. The van der Waals surface area contributed by atoms with E-state index in [1.807, 2.05) is 24.3 Å². The molecule has 0 aliphatic rings. The van der Waals surface area contributed by atoms with Gasteiger partial charge >= 0.3 is 0 Å². The van der Waals surface area contributed by atoms with Gasteiger partial charge in [0.1, 0.15) is 11.5 Å². The van der Waals surface area contributed by atoms with Crippen LogP contribution in [-0.2, 0) is 4.74 Å². The first-order valence-electron chi connectivity index (χ1n) is 7.21. The zero-order chi connectivity index (χ0) is 13.8. The molecule has 0 saturated heterocycles. The van der Waals surface area contributed by atoms with Gasteiger partial charge in [-0.2, -0.15) is 0 Å². The summed E-state index contributed by atoms with van der Waals surface area (Å²) in [5.74, 6) is 1.70. The van der Waals surface area contributed by atoms with Gasteiger partial charge in [-0.3, -0.25) is 0 Å². The maximum atomic E-state index is 5.69. The Labute approximate surface area is 116 Å². The van der Waals surface area contributed by atoms with E-state index >= 15 is 0 Å². The fourth-order valence-corrected chi connectivity index (χ4v) is 1.83. The number of hydrogen-bond donors (Lipinski definition) is 0. The predicted molar refractivity (Wildman–Crippen MR) is 77.8 cm³/mol. The van der Waals surface area contributed by atoms with E-state index in [0.29, 0.717) is 0 Å². The summed E-state index contributed by atoms with van der Waals surface area (Å²) in [6.45, 7) is 3.31. The highest BCUT2D eigenvalue weighted by Gasteiger charge is 1.96. The van der Waals surface area contributed by atoms with Gasteiger partial charge in [0.2, 0.25) is 0 Å². The highest BCUT2D eigenvalue weighted by atomic mass is 16.7. The van der Waals surface area contributed by atoms with Crippen LogP contribution in [0.15, 0.2) is 24.3 Å². The minimum Gasteiger partial charge on any atom is -0.494 e. The quantitative estimate of drug-likeness (QED) is 0.438. The van der Waals surface area contributed by atoms with Crippen molar-refractivity contribution in [1.29, 1.82) is 0 Å².